The third-order valence-corrected chi connectivity index (χ3v) is 2.98. The lowest BCUT2D eigenvalue weighted by molar-refractivity contribution is 0.108. The average Bonchev–Trinajstić information content (AvgIpc) is 2.83. The Bertz CT molecular complexity index is 331. The number of carbonyl (C=O) groups excluding carboxylic acids is 1. The molecule has 0 bridgehead atoms. The lowest BCUT2D eigenvalue weighted by Crippen LogP contribution is -1.89. The molecule has 0 aliphatic heterocycles. The molecule has 0 unspecified atom stereocenters. The predicted molar refractivity (Wildman–Crippen MR) is 53.6 cm³/mol. The second kappa shape index (κ2) is 3.32. The van der Waals surface area contributed by atoms with Crippen molar-refractivity contribution in [3.8, 4) is 0 Å². The van der Waals surface area contributed by atoms with E-state index in [1.165, 1.54) is 5.56 Å². The fraction of sp³-hybridized carbons (Fsp3) is 0.300. The topological polar surface area (TPSA) is 17.1 Å². The quantitative estimate of drug-likeness (QED) is 0.547. The smallest absolute Gasteiger partial charge is 0.252 e. The van der Waals surface area contributed by atoms with Crippen molar-refractivity contribution in [2.75, 3.05) is 0 Å². The molecular weight excluding hydrogens is 207 g/mol. The summed E-state index contributed by atoms with van der Waals surface area (Å²) in [6.45, 7) is 0. The first-order chi connectivity index (χ1) is 6.18. The number of alkyl halides is 1. The first-order valence-corrected chi connectivity index (χ1v) is 4.94. The predicted octanol–water partition coefficient (Wildman–Crippen LogP) is 3.16. The summed E-state index contributed by atoms with van der Waals surface area (Å²) in [5.41, 5.74) is 1.74. The molecule has 0 saturated heterocycles. The summed E-state index contributed by atoms with van der Waals surface area (Å²) in [7, 11) is 0. The van der Waals surface area contributed by atoms with Crippen LogP contribution in [0.4, 0.5) is 0 Å². The van der Waals surface area contributed by atoms with Gasteiger partial charge in [-0.15, -0.1) is 11.6 Å². The summed E-state index contributed by atoms with van der Waals surface area (Å²) >= 11 is 11.2. The van der Waals surface area contributed by atoms with E-state index in [1.54, 1.807) is 12.1 Å². The Labute approximate surface area is 86.7 Å². The highest BCUT2D eigenvalue weighted by atomic mass is 35.5. The summed E-state index contributed by atoms with van der Waals surface area (Å²) in [6, 6.07) is 7.32. The Kier molecular flexibility index (Phi) is 2.31. The Balaban J connectivity index is 2.19. The van der Waals surface area contributed by atoms with Crippen LogP contribution in [0.5, 0.6) is 0 Å². The van der Waals surface area contributed by atoms with Gasteiger partial charge in [0.15, 0.2) is 0 Å². The molecule has 1 aliphatic carbocycles. The minimum Gasteiger partial charge on any atom is -0.276 e. The van der Waals surface area contributed by atoms with Crippen LogP contribution in [0.15, 0.2) is 24.3 Å². The van der Waals surface area contributed by atoms with Crippen LogP contribution < -0.4 is 0 Å². The lowest BCUT2D eigenvalue weighted by Gasteiger charge is -1.98. The van der Waals surface area contributed by atoms with Gasteiger partial charge in [0, 0.05) is 16.9 Å². The van der Waals surface area contributed by atoms with Crippen molar-refractivity contribution >= 4 is 28.4 Å². The maximum atomic E-state index is 10.7. The van der Waals surface area contributed by atoms with Gasteiger partial charge < -0.3 is 0 Å². The molecule has 2 atom stereocenters. The Hall–Kier alpha value is -0.530. The van der Waals surface area contributed by atoms with E-state index < -0.39 is 5.24 Å². The molecule has 0 spiro atoms. The molecule has 1 saturated carbocycles. The van der Waals surface area contributed by atoms with Crippen molar-refractivity contribution in [1.82, 2.24) is 0 Å². The maximum absolute atomic E-state index is 10.7. The number of hydrogen-bond donors (Lipinski definition) is 0. The van der Waals surface area contributed by atoms with E-state index in [1.807, 2.05) is 12.1 Å². The zero-order valence-electron chi connectivity index (χ0n) is 6.84. The SMILES string of the molecule is O=C(Cl)c1ccc([C@H]2C[C@@H]2Cl)cc1. The largest absolute Gasteiger partial charge is 0.276 e. The Morgan fingerprint density at radius 2 is 1.85 bits per heavy atom. The molecular formula is C10H8Cl2O. The van der Waals surface area contributed by atoms with Crippen molar-refractivity contribution in [1.29, 1.82) is 0 Å². The zero-order valence-corrected chi connectivity index (χ0v) is 8.35. The number of rotatable bonds is 2. The number of benzene rings is 1. The van der Waals surface area contributed by atoms with E-state index in [9.17, 15) is 4.79 Å². The highest BCUT2D eigenvalue weighted by Gasteiger charge is 2.36. The van der Waals surface area contributed by atoms with Crippen LogP contribution in [0.2, 0.25) is 0 Å². The van der Waals surface area contributed by atoms with Crippen molar-refractivity contribution in [3.05, 3.63) is 35.4 Å². The average molecular weight is 215 g/mol. The second-order valence-electron chi connectivity index (χ2n) is 3.25. The van der Waals surface area contributed by atoms with Crippen molar-refractivity contribution < 1.29 is 4.79 Å². The van der Waals surface area contributed by atoms with Gasteiger partial charge in [0.05, 0.1) is 0 Å². The van der Waals surface area contributed by atoms with E-state index in [2.05, 4.69) is 0 Å². The highest BCUT2D eigenvalue weighted by Crippen LogP contribution is 2.45. The number of halogens is 2. The third kappa shape index (κ3) is 1.87. The summed E-state index contributed by atoms with van der Waals surface area (Å²) < 4.78 is 0. The van der Waals surface area contributed by atoms with Crippen molar-refractivity contribution in [2.24, 2.45) is 0 Å². The molecule has 0 N–H and O–H groups in total. The van der Waals surface area contributed by atoms with Gasteiger partial charge in [0.25, 0.3) is 5.24 Å². The first kappa shape index (κ1) is 9.04. The third-order valence-electron chi connectivity index (χ3n) is 2.28. The van der Waals surface area contributed by atoms with Crippen LogP contribution in [0.3, 0.4) is 0 Å². The molecule has 0 aromatic heterocycles. The fourth-order valence-electron chi connectivity index (χ4n) is 1.37. The molecule has 0 amide bonds. The van der Waals surface area contributed by atoms with Crippen LogP contribution in [0, 0.1) is 0 Å². The zero-order chi connectivity index (χ0) is 9.42. The van der Waals surface area contributed by atoms with E-state index in [-0.39, 0.29) is 5.38 Å². The summed E-state index contributed by atoms with van der Waals surface area (Å²) in [4.78, 5) is 10.7. The Morgan fingerprint density at radius 3 is 2.23 bits per heavy atom. The van der Waals surface area contributed by atoms with Crippen LogP contribution in [0.25, 0.3) is 0 Å². The van der Waals surface area contributed by atoms with Crippen LogP contribution in [-0.2, 0) is 0 Å². The van der Waals surface area contributed by atoms with E-state index in [0.717, 1.165) is 6.42 Å². The summed E-state index contributed by atoms with van der Waals surface area (Å²) in [6.07, 6.45) is 1.04. The van der Waals surface area contributed by atoms with E-state index >= 15 is 0 Å². The van der Waals surface area contributed by atoms with Gasteiger partial charge in [-0.25, -0.2) is 0 Å². The molecule has 3 heteroatoms. The molecule has 1 aromatic carbocycles. The minimum absolute atomic E-state index is 0.276. The van der Waals surface area contributed by atoms with E-state index in [4.69, 9.17) is 23.2 Å². The molecule has 68 valence electrons. The normalized spacial score (nSPS) is 25.7. The van der Waals surface area contributed by atoms with Gasteiger partial charge in [0.2, 0.25) is 0 Å². The summed E-state index contributed by atoms with van der Waals surface area (Å²) in [5, 5.41) is -0.137. The molecule has 0 radical (unpaired) electrons. The van der Waals surface area contributed by atoms with Gasteiger partial charge in [0.1, 0.15) is 0 Å². The van der Waals surface area contributed by atoms with Gasteiger partial charge in [-0.3, -0.25) is 4.79 Å². The van der Waals surface area contributed by atoms with Gasteiger partial charge >= 0.3 is 0 Å². The second-order valence-corrected chi connectivity index (χ2v) is 4.16. The Morgan fingerprint density at radius 1 is 1.31 bits per heavy atom. The van der Waals surface area contributed by atoms with E-state index in [0.29, 0.717) is 11.5 Å². The van der Waals surface area contributed by atoms with Gasteiger partial charge in [-0.1, -0.05) is 12.1 Å². The molecule has 1 aromatic rings. The molecule has 0 heterocycles. The van der Waals surface area contributed by atoms with Gasteiger partial charge in [-0.05, 0) is 35.7 Å². The fourth-order valence-corrected chi connectivity index (χ4v) is 1.83. The molecule has 1 aliphatic rings. The monoisotopic (exact) mass is 214 g/mol. The van der Waals surface area contributed by atoms with Crippen molar-refractivity contribution in [2.45, 2.75) is 17.7 Å². The number of carbonyl (C=O) groups is 1. The summed E-state index contributed by atoms with van der Waals surface area (Å²) in [5.74, 6) is 0.473. The van der Waals surface area contributed by atoms with Gasteiger partial charge in [-0.2, -0.15) is 0 Å². The molecule has 1 nitrogen and oxygen atoms in total. The van der Waals surface area contributed by atoms with Crippen LogP contribution in [-0.4, -0.2) is 10.6 Å². The first-order valence-electron chi connectivity index (χ1n) is 4.12. The van der Waals surface area contributed by atoms with Crippen LogP contribution >= 0.6 is 23.2 Å². The van der Waals surface area contributed by atoms with Crippen molar-refractivity contribution in [3.63, 3.8) is 0 Å². The van der Waals surface area contributed by atoms with Crippen LogP contribution in [0.1, 0.15) is 28.3 Å². The minimum atomic E-state index is -0.412. The molecule has 13 heavy (non-hydrogen) atoms. The lowest BCUT2D eigenvalue weighted by atomic mass is 10.1. The standard InChI is InChI=1S/C10H8Cl2O/c11-9-5-8(9)6-1-3-7(4-2-6)10(12)13/h1-4,8-9H,5H2/t8-,9+/m1/s1. The number of hydrogen-bond acceptors (Lipinski definition) is 1. The highest BCUT2D eigenvalue weighted by molar-refractivity contribution is 6.67. The molecule has 2 rings (SSSR count). The molecule has 1 fully saturated rings. The maximum Gasteiger partial charge on any atom is 0.252 e.